The largest absolute Gasteiger partial charge is 0.351 e. The van der Waals surface area contributed by atoms with E-state index in [1.165, 1.54) is 11.8 Å². The number of fused-ring (bicyclic) bond motifs is 1. The number of nitrogens with one attached hydrogen (secondary N) is 2. The molecule has 0 unspecified atom stereocenters. The van der Waals surface area contributed by atoms with E-state index in [2.05, 4.69) is 15.6 Å². The SMILES string of the molecule is C[C@H](Sc1cc(C(=O)NC2CC2)c2ccccc2n1)C(=O)NC(C)(C)C. The van der Waals surface area contributed by atoms with Gasteiger partial charge in [0.05, 0.1) is 21.4 Å². The molecule has 0 aliphatic heterocycles. The van der Waals surface area contributed by atoms with Crippen molar-refractivity contribution in [2.24, 2.45) is 0 Å². The van der Waals surface area contributed by atoms with E-state index in [0.717, 1.165) is 23.7 Å². The lowest BCUT2D eigenvalue weighted by Crippen LogP contribution is -2.44. The highest BCUT2D eigenvalue weighted by Gasteiger charge is 2.26. The lowest BCUT2D eigenvalue weighted by molar-refractivity contribution is -0.121. The molecule has 1 fully saturated rings. The van der Waals surface area contributed by atoms with Crippen LogP contribution in [0.5, 0.6) is 0 Å². The summed E-state index contributed by atoms with van der Waals surface area (Å²) in [5.41, 5.74) is 1.10. The molecular weight excluding hydrogens is 346 g/mol. The zero-order valence-electron chi connectivity index (χ0n) is 15.6. The molecular formula is C20H25N3O2S. The Balaban J connectivity index is 1.86. The monoisotopic (exact) mass is 371 g/mol. The molecule has 6 heteroatoms. The summed E-state index contributed by atoms with van der Waals surface area (Å²) in [5, 5.41) is 7.24. The first-order chi connectivity index (χ1) is 12.2. The quantitative estimate of drug-likeness (QED) is 0.789. The van der Waals surface area contributed by atoms with Crippen LogP contribution in [0.1, 0.15) is 50.9 Å². The summed E-state index contributed by atoms with van der Waals surface area (Å²) >= 11 is 1.37. The van der Waals surface area contributed by atoms with Crippen LogP contribution in [0.3, 0.4) is 0 Å². The van der Waals surface area contributed by atoms with Crippen molar-refractivity contribution in [3.8, 4) is 0 Å². The fraction of sp³-hybridized carbons (Fsp3) is 0.450. The number of para-hydroxylation sites is 1. The van der Waals surface area contributed by atoms with Crippen molar-refractivity contribution in [1.29, 1.82) is 0 Å². The average molecular weight is 372 g/mol. The van der Waals surface area contributed by atoms with Gasteiger partial charge in [-0.25, -0.2) is 4.98 Å². The first-order valence-corrected chi connectivity index (χ1v) is 9.80. The molecule has 2 N–H and O–H groups in total. The van der Waals surface area contributed by atoms with Gasteiger partial charge in [0, 0.05) is 17.0 Å². The highest BCUT2D eigenvalue weighted by molar-refractivity contribution is 8.00. The molecule has 1 aromatic carbocycles. The van der Waals surface area contributed by atoms with E-state index in [1.807, 2.05) is 52.0 Å². The standard InChI is InChI=1S/C20H25N3O2S/c1-12(18(24)23-20(2,3)4)26-17-11-15(19(25)21-13-9-10-13)14-7-5-6-8-16(14)22-17/h5-8,11-13H,9-10H2,1-4H3,(H,21,25)(H,23,24)/t12-/m0/s1. The number of carbonyl (C=O) groups excluding carboxylic acids is 2. The Labute approximate surface area is 158 Å². The molecule has 1 aliphatic rings. The number of nitrogens with zero attached hydrogens (tertiary/aromatic N) is 1. The predicted molar refractivity (Wildman–Crippen MR) is 105 cm³/mol. The third-order valence-electron chi connectivity index (χ3n) is 4.01. The van der Waals surface area contributed by atoms with E-state index in [4.69, 9.17) is 0 Å². The summed E-state index contributed by atoms with van der Waals surface area (Å²) in [6.07, 6.45) is 2.08. The Morgan fingerprint density at radius 3 is 2.58 bits per heavy atom. The van der Waals surface area contributed by atoms with E-state index >= 15 is 0 Å². The van der Waals surface area contributed by atoms with Crippen LogP contribution in [-0.4, -0.2) is 33.6 Å². The first kappa shape index (κ1) is 18.7. The van der Waals surface area contributed by atoms with E-state index in [0.29, 0.717) is 16.6 Å². The van der Waals surface area contributed by atoms with Crippen LogP contribution in [0.2, 0.25) is 0 Å². The van der Waals surface area contributed by atoms with Crippen LogP contribution in [0.15, 0.2) is 35.4 Å². The zero-order chi connectivity index (χ0) is 18.9. The van der Waals surface area contributed by atoms with Gasteiger partial charge in [-0.1, -0.05) is 30.0 Å². The molecule has 5 nitrogen and oxygen atoms in total. The first-order valence-electron chi connectivity index (χ1n) is 8.92. The Bertz CT molecular complexity index is 841. The second-order valence-corrected chi connectivity index (χ2v) is 9.13. The van der Waals surface area contributed by atoms with Crippen LogP contribution in [0.4, 0.5) is 0 Å². The highest BCUT2D eigenvalue weighted by Crippen LogP contribution is 2.28. The Morgan fingerprint density at radius 2 is 1.92 bits per heavy atom. The maximum atomic E-state index is 12.6. The number of pyridine rings is 1. The molecule has 0 saturated heterocycles. The van der Waals surface area contributed by atoms with Gasteiger partial charge in [-0.05, 0) is 52.7 Å². The number of amides is 2. The lowest BCUT2D eigenvalue weighted by atomic mass is 10.1. The van der Waals surface area contributed by atoms with Crippen molar-refractivity contribution in [1.82, 2.24) is 15.6 Å². The van der Waals surface area contributed by atoms with Crippen molar-refractivity contribution in [2.45, 2.75) is 62.4 Å². The zero-order valence-corrected chi connectivity index (χ0v) is 16.4. The van der Waals surface area contributed by atoms with Gasteiger partial charge in [0.25, 0.3) is 5.91 Å². The van der Waals surface area contributed by atoms with Gasteiger partial charge in [-0.3, -0.25) is 9.59 Å². The van der Waals surface area contributed by atoms with E-state index in [9.17, 15) is 9.59 Å². The summed E-state index contributed by atoms with van der Waals surface area (Å²) < 4.78 is 0. The van der Waals surface area contributed by atoms with Crippen molar-refractivity contribution in [2.75, 3.05) is 0 Å². The van der Waals surface area contributed by atoms with Gasteiger partial charge in [0.15, 0.2) is 0 Å². The number of carbonyl (C=O) groups is 2. The Morgan fingerprint density at radius 1 is 1.23 bits per heavy atom. The molecule has 2 amide bonds. The fourth-order valence-electron chi connectivity index (χ4n) is 2.60. The summed E-state index contributed by atoms with van der Waals surface area (Å²) in [5.74, 6) is -0.110. The molecule has 0 radical (unpaired) electrons. The number of rotatable bonds is 5. The smallest absolute Gasteiger partial charge is 0.252 e. The minimum atomic E-state index is -0.303. The molecule has 0 bridgehead atoms. The molecule has 1 atom stereocenters. The van der Waals surface area contributed by atoms with Crippen molar-refractivity contribution >= 4 is 34.5 Å². The predicted octanol–water partition coefficient (Wildman–Crippen LogP) is 3.52. The molecule has 2 aromatic rings. The van der Waals surface area contributed by atoms with Crippen molar-refractivity contribution in [3.63, 3.8) is 0 Å². The Hall–Kier alpha value is -2.08. The number of thioether (sulfide) groups is 1. The third kappa shape index (κ3) is 4.75. The number of aromatic nitrogens is 1. The maximum absolute atomic E-state index is 12.6. The van der Waals surface area contributed by atoms with Gasteiger partial charge in [0.2, 0.25) is 5.91 Å². The van der Waals surface area contributed by atoms with Crippen LogP contribution >= 0.6 is 11.8 Å². The molecule has 138 valence electrons. The summed E-state index contributed by atoms with van der Waals surface area (Å²) in [6, 6.07) is 9.71. The van der Waals surface area contributed by atoms with Gasteiger partial charge in [-0.15, -0.1) is 0 Å². The molecule has 26 heavy (non-hydrogen) atoms. The molecule has 1 heterocycles. The maximum Gasteiger partial charge on any atom is 0.252 e. The van der Waals surface area contributed by atoms with Gasteiger partial charge < -0.3 is 10.6 Å². The van der Waals surface area contributed by atoms with Gasteiger partial charge in [0.1, 0.15) is 0 Å². The van der Waals surface area contributed by atoms with Gasteiger partial charge in [-0.2, -0.15) is 0 Å². The molecule has 1 aromatic heterocycles. The highest BCUT2D eigenvalue weighted by atomic mass is 32.2. The van der Waals surface area contributed by atoms with E-state index in [-0.39, 0.29) is 22.6 Å². The van der Waals surface area contributed by atoms with Crippen LogP contribution in [-0.2, 0) is 4.79 Å². The van der Waals surface area contributed by atoms with Crippen LogP contribution in [0.25, 0.3) is 10.9 Å². The fourth-order valence-corrected chi connectivity index (χ4v) is 3.46. The number of benzene rings is 1. The number of hydrogen-bond donors (Lipinski definition) is 2. The molecule has 0 spiro atoms. The minimum Gasteiger partial charge on any atom is -0.351 e. The summed E-state index contributed by atoms with van der Waals surface area (Å²) in [4.78, 5) is 29.6. The van der Waals surface area contributed by atoms with Crippen LogP contribution < -0.4 is 10.6 Å². The second kappa shape index (κ2) is 7.27. The molecule has 1 saturated carbocycles. The summed E-state index contributed by atoms with van der Waals surface area (Å²) in [7, 11) is 0. The third-order valence-corrected chi connectivity index (χ3v) is 5.03. The minimum absolute atomic E-state index is 0.0403. The molecule has 1 aliphatic carbocycles. The van der Waals surface area contributed by atoms with Crippen molar-refractivity contribution in [3.05, 3.63) is 35.9 Å². The summed E-state index contributed by atoms with van der Waals surface area (Å²) in [6.45, 7) is 7.72. The van der Waals surface area contributed by atoms with Crippen LogP contribution in [0, 0.1) is 0 Å². The van der Waals surface area contributed by atoms with E-state index < -0.39 is 0 Å². The number of hydrogen-bond acceptors (Lipinski definition) is 4. The Kier molecular flexibility index (Phi) is 5.23. The second-order valence-electron chi connectivity index (χ2n) is 7.77. The normalized spacial score (nSPS) is 15.5. The lowest BCUT2D eigenvalue weighted by Gasteiger charge is -2.23. The topological polar surface area (TPSA) is 71.1 Å². The average Bonchev–Trinajstić information content (AvgIpc) is 3.36. The van der Waals surface area contributed by atoms with Gasteiger partial charge >= 0.3 is 0 Å². The molecule has 3 rings (SSSR count). The van der Waals surface area contributed by atoms with E-state index in [1.54, 1.807) is 6.07 Å². The van der Waals surface area contributed by atoms with Crippen molar-refractivity contribution < 1.29 is 9.59 Å².